The summed E-state index contributed by atoms with van der Waals surface area (Å²) in [5.41, 5.74) is 2.69. The van der Waals surface area contributed by atoms with Crippen LogP contribution in [0.5, 0.6) is 0 Å². The fraction of sp³-hybridized carbons (Fsp3) is 0.400. The number of nitrogens with zero attached hydrogens (tertiary/aromatic N) is 2. The Kier molecular flexibility index (Phi) is 8.10. The monoisotopic (exact) mass is 405 g/mol. The summed E-state index contributed by atoms with van der Waals surface area (Å²) in [4.78, 5) is 18.6. The van der Waals surface area contributed by atoms with Crippen LogP contribution in [-0.2, 0) is 26.1 Å². The molecule has 0 bridgehead atoms. The second-order valence-corrected chi connectivity index (χ2v) is 8.29. The molecule has 0 spiro atoms. The second kappa shape index (κ2) is 10.3. The number of methoxy groups -OCH3 is 1. The maximum atomic E-state index is 12.6. The highest BCUT2D eigenvalue weighted by atomic mass is 32.2. The van der Waals surface area contributed by atoms with Crippen molar-refractivity contribution in [3.05, 3.63) is 59.4 Å². The summed E-state index contributed by atoms with van der Waals surface area (Å²) in [6.07, 6.45) is 1.73. The van der Waals surface area contributed by atoms with Gasteiger partial charge in [-0.2, -0.15) is 0 Å². The Balaban J connectivity index is 1.96. The molecule has 0 aliphatic rings. The van der Waals surface area contributed by atoms with Gasteiger partial charge in [-0.25, -0.2) is 13.1 Å². The fourth-order valence-electron chi connectivity index (χ4n) is 2.60. The average molecular weight is 406 g/mol. The summed E-state index contributed by atoms with van der Waals surface area (Å²) in [6.45, 7) is 4.98. The van der Waals surface area contributed by atoms with Crippen molar-refractivity contribution in [2.75, 3.05) is 26.8 Å². The van der Waals surface area contributed by atoms with Gasteiger partial charge in [-0.05, 0) is 49.2 Å². The van der Waals surface area contributed by atoms with Crippen molar-refractivity contribution in [3.63, 3.8) is 0 Å². The highest BCUT2D eigenvalue weighted by Gasteiger charge is 2.18. The molecule has 1 aromatic carbocycles. The van der Waals surface area contributed by atoms with Crippen LogP contribution < -0.4 is 4.72 Å². The molecule has 0 saturated carbocycles. The van der Waals surface area contributed by atoms with E-state index in [0.29, 0.717) is 19.7 Å². The molecule has 1 aromatic heterocycles. The first-order chi connectivity index (χ1) is 13.3. The van der Waals surface area contributed by atoms with E-state index < -0.39 is 10.0 Å². The number of hydrogen-bond acceptors (Lipinski definition) is 5. The van der Waals surface area contributed by atoms with Gasteiger partial charge in [0.15, 0.2) is 0 Å². The highest BCUT2D eigenvalue weighted by Crippen LogP contribution is 2.14. The van der Waals surface area contributed by atoms with Crippen molar-refractivity contribution in [1.29, 1.82) is 0 Å². The Hall–Kier alpha value is -2.29. The summed E-state index contributed by atoms with van der Waals surface area (Å²) >= 11 is 0. The van der Waals surface area contributed by atoms with Crippen LogP contribution in [0.1, 0.15) is 23.2 Å². The van der Waals surface area contributed by atoms with E-state index >= 15 is 0 Å². The Morgan fingerprint density at radius 1 is 1.18 bits per heavy atom. The third-order valence-electron chi connectivity index (χ3n) is 4.42. The van der Waals surface area contributed by atoms with Crippen molar-refractivity contribution < 1.29 is 17.9 Å². The maximum Gasteiger partial charge on any atom is 0.240 e. The van der Waals surface area contributed by atoms with Crippen LogP contribution in [0.3, 0.4) is 0 Å². The molecule has 28 heavy (non-hydrogen) atoms. The lowest BCUT2D eigenvalue weighted by atomic mass is 10.1. The van der Waals surface area contributed by atoms with E-state index in [1.54, 1.807) is 36.4 Å². The number of nitrogens with one attached hydrogen (secondary N) is 1. The number of carbonyl (C=O) groups excluding carboxylic acids is 1. The van der Waals surface area contributed by atoms with Crippen molar-refractivity contribution in [2.45, 2.75) is 31.7 Å². The predicted octanol–water partition coefficient (Wildman–Crippen LogP) is 2.04. The molecule has 0 unspecified atom stereocenters. The first kappa shape index (κ1) is 22.0. The van der Waals surface area contributed by atoms with Gasteiger partial charge in [0, 0.05) is 32.8 Å². The number of sulfonamides is 1. The minimum Gasteiger partial charge on any atom is -0.383 e. The van der Waals surface area contributed by atoms with Crippen LogP contribution in [0.4, 0.5) is 0 Å². The van der Waals surface area contributed by atoms with Gasteiger partial charge in [-0.15, -0.1) is 0 Å². The molecule has 0 saturated heterocycles. The average Bonchev–Trinajstić information content (AvgIpc) is 2.67. The molecule has 0 radical (unpaired) electrons. The SMILES string of the molecule is COCCN(Cc1ccccn1)C(=O)CCNS(=O)(=O)c1ccc(C)c(C)c1. The van der Waals surface area contributed by atoms with Gasteiger partial charge in [0.1, 0.15) is 0 Å². The van der Waals surface area contributed by atoms with Crippen molar-refractivity contribution >= 4 is 15.9 Å². The molecule has 1 heterocycles. The van der Waals surface area contributed by atoms with Crippen LogP contribution in [0.2, 0.25) is 0 Å². The van der Waals surface area contributed by atoms with Crippen molar-refractivity contribution in [3.8, 4) is 0 Å². The molecule has 0 aliphatic heterocycles. The number of amides is 1. The zero-order valence-electron chi connectivity index (χ0n) is 16.5. The van der Waals surface area contributed by atoms with Crippen LogP contribution in [0, 0.1) is 13.8 Å². The number of aromatic nitrogens is 1. The number of aryl methyl sites for hydroxylation is 2. The van der Waals surface area contributed by atoms with Gasteiger partial charge in [-0.1, -0.05) is 12.1 Å². The summed E-state index contributed by atoms with van der Waals surface area (Å²) in [5, 5.41) is 0. The van der Waals surface area contributed by atoms with Gasteiger partial charge < -0.3 is 9.64 Å². The normalized spacial score (nSPS) is 11.4. The zero-order chi connectivity index (χ0) is 20.6. The Labute approximate surface area is 166 Å². The highest BCUT2D eigenvalue weighted by molar-refractivity contribution is 7.89. The van der Waals surface area contributed by atoms with E-state index in [9.17, 15) is 13.2 Å². The minimum atomic E-state index is -3.65. The van der Waals surface area contributed by atoms with Gasteiger partial charge in [0.05, 0.1) is 23.7 Å². The quantitative estimate of drug-likeness (QED) is 0.653. The fourth-order valence-corrected chi connectivity index (χ4v) is 3.71. The molecular weight excluding hydrogens is 378 g/mol. The van der Waals surface area contributed by atoms with Crippen LogP contribution >= 0.6 is 0 Å². The maximum absolute atomic E-state index is 12.6. The van der Waals surface area contributed by atoms with Crippen LogP contribution in [0.15, 0.2) is 47.5 Å². The number of rotatable bonds is 10. The standard InChI is InChI=1S/C20H27N3O4S/c1-16-7-8-19(14-17(16)2)28(25,26)22-11-9-20(24)23(12-13-27-3)15-18-6-4-5-10-21-18/h4-8,10,14,22H,9,11-13,15H2,1-3H3. The lowest BCUT2D eigenvalue weighted by Crippen LogP contribution is -2.36. The predicted molar refractivity (Wildman–Crippen MR) is 107 cm³/mol. The summed E-state index contributed by atoms with van der Waals surface area (Å²) in [6, 6.07) is 10.5. The molecule has 1 N–H and O–H groups in total. The van der Waals surface area contributed by atoms with Gasteiger partial charge in [-0.3, -0.25) is 9.78 Å². The smallest absolute Gasteiger partial charge is 0.240 e. The van der Waals surface area contributed by atoms with E-state index in [0.717, 1.165) is 16.8 Å². The lowest BCUT2D eigenvalue weighted by molar-refractivity contribution is -0.132. The number of benzene rings is 1. The zero-order valence-corrected chi connectivity index (χ0v) is 17.3. The molecule has 0 aliphatic carbocycles. The Bertz CT molecular complexity index is 886. The molecule has 2 rings (SSSR count). The lowest BCUT2D eigenvalue weighted by Gasteiger charge is -2.22. The topological polar surface area (TPSA) is 88.6 Å². The number of hydrogen-bond donors (Lipinski definition) is 1. The molecule has 8 heteroatoms. The van der Waals surface area contributed by atoms with Crippen molar-refractivity contribution in [1.82, 2.24) is 14.6 Å². The largest absolute Gasteiger partial charge is 0.383 e. The molecule has 152 valence electrons. The number of ether oxygens (including phenoxy) is 1. The summed E-state index contributed by atoms with van der Waals surface area (Å²) in [7, 11) is -2.08. The minimum absolute atomic E-state index is 0.0276. The summed E-state index contributed by atoms with van der Waals surface area (Å²) < 4.78 is 32.5. The number of carbonyl (C=O) groups is 1. The third-order valence-corrected chi connectivity index (χ3v) is 5.88. The van der Waals surface area contributed by atoms with E-state index in [2.05, 4.69) is 9.71 Å². The molecule has 0 atom stereocenters. The summed E-state index contributed by atoms with van der Waals surface area (Å²) in [5.74, 6) is -0.162. The first-order valence-corrected chi connectivity index (χ1v) is 10.6. The van der Waals surface area contributed by atoms with Gasteiger partial charge in [0.25, 0.3) is 0 Å². The number of pyridine rings is 1. The van der Waals surface area contributed by atoms with Crippen LogP contribution in [-0.4, -0.2) is 51.0 Å². The second-order valence-electron chi connectivity index (χ2n) is 6.52. The first-order valence-electron chi connectivity index (χ1n) is 9.07. The van der Waals surface area contributed by atoms with E-state index in [1.165, 1.54) is 0 Å². The Morgan fingerprint density at radius 2 is 1.96 bits per heavy atom. The van der Waals surface area contributed by atoms with E-state index in [-0.39, 0.29) is 23.8 Å². The third kappa shape index (κ3) is 6.40. The van der Waals surface area contributed by atoms with Gasteiger partial charge >= 0.3 is 0 Å². The molecule has 7 nitrogen and oxygen atoms in total. The Morgan fingerprint density at radius 3 is 2.61 bits per heavy atom. The van der Waals surface area contributed by atoms with Gasteiger partial charge in [0.2, 0.25) is 15.9 Å². The van der Waals surface area contributed by atoms with Crippen LogP contribution in [0.25, 0.3) is 0 Å². The molecular formula is C20H27N3O4S. The van der Waals surface area contributed by atoms with E-state index in [4.69, 9.17) is 4.74 Å². The molecule has 2 aromatic rings. The van der Waals surface area contributed by atoms with E-state index in [1.807, 2.05) is 32.0 Å². The molecule has 0 fully saturated rings. The van der Waals surface area contributed by atoms with Crippen molar-refractivity contribution in [2.24, 2.45) is 0 Å². The molecule has 1 amide bonds.